The van der Waals surface area contributed by atoms with Crippen LogP contribution in [-0.4, -0.2) is 13.2 Å². The van der Waals surface area contributed by atoms with E-state index in [1.54, 1.807) is 0 Å². The van der Waals surface area contributed by atoms with Crippen molar-refractivity contribution < 1.29 is 4.74 Å². The Bertz CT molecular complexity index is 79.0. The molecule has 0 radical (unpaired) electrons. The molecule has 0 bridgehead atoms. The summed E-state index contributed by atoms with van der Waals surface area (Å²) in [6.45, 7) is 10.6. The second-order valence-electron chi connectivity index (χ2n) is 3.20. The molecule has 2 unspecified atom stereocenters. The number of rotatable bonds is 2. The van der Waals surface area contributed by atoms with Gasteiger partial charge in [-0.1, -0.05) is 40.5 Å². The summed E-state index contributed by atoms with van der Waals surface area (Å²) in [5.74, 6) is 1.79. The number of hydrogen-bond acceptors (Lipinski definition) is 1. The minimum absolute atomic E-state index is 0.846. The van der Waals surface area contributed by atoms with E-state index in [1.807, 2.05) is 13.8 Å². The zero-order valence-electron chi connectivity index (χ0n) is 9.10. The molecule has 0 aliphatic carbocycles. The van der Waals surface area contributed by atoms with Crippen molar-refractivity contribution in [3.05, 3.63) is 0 Å². The summed E-state index contributed by atoms with van der Waals surface area (Å²) in [5, 5.41) is 0. The van der Waals surface area contributed by atoms with Gasteiger partial charge in [-0.15, -0.1) is 0 Å². The molecule has 0 amide bonds. The maximum absolute atomic E-state index is 5.41. The van der Waals surface area contributed by atoms with Crippen molar-refractivity contribution >= 4 is 0 Å². The van der Waals surface area contributed by atoms with Gasteiger partial charge in [-0.25, -0.2) is 0 Å². The molecule has 0 N–H and O–H groups in total. The number of hydrogen-bond donors (Lipinski definition) is 0. The van der Waals surface area contributed by atoms with Crippen LogP contribution in [0.25, 0.3) is 0 Å². The summed E-state index contributed by atoms with van der Waals surface area (Å²) in [6, 6.07) is 0. The van der Waals surface area contributed by atoms with E-state index >= 15 is 0 Å². The SMILES string of the molecule is CC.CCC1CCOCC1CC. The van der Waals surface area contributed by atoms with Crippen LogP contribution >= 0.6 is 0 Å². The Morgan fingerprint density at radius 3 is 2.08 bits per heavy atom. The fourth-order valence-corrected chi connectivity index (χ4v) is 1.83. The van der Waals surface area contributed by atoms with Crippen LogP contribution < -0.4 is 0 Å². The molecule has 1 fully saturated rings. The molecule has 74 valence electrons. The molecule has 1 aliphatic heterocycles. The molecule has 0 saturated carbocycles. The predicted octanol–water partition coefficient (Wildman–Crippen LogP) is 3.49. The van der Waals surface area contributed by atoms with Gasteiger partial charge in [0.05, 0.1) is 0 Å². The minimum Gasteiger partial charge on any atom is -0.381 e. The Kier molecular flexibility index (Phi) is 7.58. The van der Waals surface area contributed by atoms with Gasteiger partial charge in [0, 0.05) is 13.2 Å². The molecule has 1 heteroatoms. The Labute approximate surface area is 77.5 Å². The molecule has 12 heavy (non-hydrogen) atoms. The molecule has 1 heterocycles. The Morgan fingerprint density at radius 2 is 1.67 bits per heavy atom. The fourth-order valence-electron chi connectivity index (χ4n) is 1.83. The van der Waals surface area contributed by atoms with Crippen molar-refractivity contribution in [3.63, 3.8) is 0 Å². The highest BCUT2D eigenvalue weighted by atomic mass is 16.5. The highest BCUT2D eigenvalue weighted by Gasteiger charge is 2.21. The second-order valence-corrected chi connectivity index (χ2v) is 3.20. The predicted molar refractivity (Wildman–Crippen MR) is 54.3 cm³/mol. The van der Waals surface area contributed by atoms with E-state index in [0.717, 1.165) is 25.0 Å². The quantitative estimate of drug-likeness (QED) is 0.619. The van der Waals surface area contributed by atoms with E-state index in [1.165, 1.54) is 19.3 Å². The highest BCUT2D eigenvalue weighted by Crippen LogP contribution is 2.26. The maximum atomic E-state index is 5.41. The van der Waals surface area contributed by atoms with E-state index in [4.69, 9.17) is 4.74 Å². The van der Waals surface area contributed by atoms with Crippen LogP contribution in [0, 0.1) is 11.8 Å². The summed E-state index contributed by atoms with van der Waals surface area (Å²) < 4.78 is 5.41. The van der Waals surface area contributed by atoms with E-state index in [9.17, 15) is 0 Å². The summed E-state index contributed by atoms with van der Waals surface area (Å²) >= 11 is 0. The van der Waals surface area contributed by atoms with Crippen LogP contribution in [0.3, 0.4) is 0 Å². The van der Waals surface area contributed by atoms with Crippen LogP contribution in [-0.2, 0) is 4.74 Å². The molecule has 1 nitrogen and oxygen atoms in total. The van der Waals surface area contributed by atoms with Gasteiger partial charge in [-0.3, -0.25) is 0 Å². The van der Waals surface area contributed by atoms with Crippen LogP contribution in [0.15, 0.2) is 0 Å². The summed E-state index contributed by atoms with van der Waals surface area (Å²) in [5.41, 5.74) is 0. The highest BCUT2D eigenvalue weighted by molar-refractivity contribution is 4.70. The molecular weight excluding hydrogens is 148 g/mol. The Balaban J connectivity index is 0.000000561. The van der Waals surface area contributed by atoms with E-state index in [0.29, 0.717) is 0 Å². The maximum Gasteiger partial charge on any atom is 0.0496 e. The van der Waals surface area contributed by atoms with Crippen LogP contribution in [0.2, 0.25) is 0 Å². The fraction of sp³-hybridized carbons (Fsp3) is 1.00. The average Bonchev–Trinajstić information content (AvgIpc) is 2.20. The van der Waals surface area contributed by atoms with Crippen molar-refractivity contribution in [2.75, 3.05) is 13.2 Å². The van der Waals surface area contributed by atoms with E-state index in [-0.39, 0.29) is 0 Å². The zero-order chi connectivity index (χ0) is 9.40. The van der Waals surface area contributed by atoms with Crippen LogP contribution in [0.1, 0.15) is 47.0 Å². The third-order valence-electron chi connectivity index (χ3n) is 2.68. The standard InChI is InChI=1S/C9H18O.C2H6/c1-3-8-5-6-10-7-9(8)4-2;1-2/h8-9H,3-7H2,1-2H3;1-2H3. The third kappa shape index (κ3) is 3.57. The Hall–Kier alpha value is -0.0400. The molecule has 1 aliphatic rings. The van der Waals surface area contributed by atoms with Crippen LogP contribution in [0.4, 0.5) is 0 Å². The normalized spacial score (nSPS) is 29.0. The van der Waals surface area contributed by atoms with Crippen LogP contribution in [0.5, 0.6) is 0 Å². The van der Waals surface area contributed by atoms with Gasteiger partial charge in [0.25, 0.3) is 0 Å². The van der Waals surface area contributed by atoms with Crippen molar-refractivity contribution in [1.29, 1.82) is 0 Å². The molecule has 0 aromatic rings. The lowest BCUT2D eigenvalue weighted by molar-refractivity contribution is 0.0142. The van der Waals surface area contributed by atoms with Crippen molar-refractivity contribution in [3.8, 4) is 0 Å². The van der Waals surface area contributed by atoms with Gasteiger partial charge >= 0.3 is 0 Å². The zero-order valence-corrected chi connectivity index (χ0v) is 9.10. The first-order valence-corrected chi connectivity index (χ1v) is 5.46. The van der Waals surface area contributed by atoms with Gasteiger partial charge in [0.15, 0.2) is 0 Å². The average molecular weight is 172 g/mol. The van der Waals surface area contributed by atoms with Gasteiger partial charge in [-0.2, -0.15) is 0 Å². The first-order chi connectivity index (χ1) is 5.88. The number of ether oxygens (including phenoxy) is 1. The molecule has 2 atom stereocenters. The van der Waals surface area contributed by atoms with Gasteiger partial charge in [0.1, 0.15) is 0 Å². The van der Waals surface area contributed by atoms with E-state index < -0.39 is 0 Å². The molecule has 0 aromatic heterocycles. The van der Waals surface area contributed by atoms with Crippen molar-refractivity contribution in [1.82, 2.24) is 0 Å². The lowest BCUT2D eigenvalue weighted by atomic mass is 9.85. The monoisotopic (exact) mass is 172 g/mol. The second kappa shape index (κ2) is 7.60. The smallest absolute Gasteiger partial charge is 0.0496 e. The van der Waals surface area contributed by atoms with Gasteiger partial charge in [0.2, 0.25) is 0 Å². The molecule has 1 rings (SSSR count). The molecular formula is C11H24O. The lowest BCUT2D eigenvalue weighted by Crippen LogP contribution is -2.26. The first kappa shape index (κ1) is 12.0. The molecule has 0 aromatic carbocycles. The van der Waals surface area contributed by atoms with Gasteiger partial charge < -0.3 is 4.74 Å². The topological polar surface area (TPSA) is 9.23 Å². The summed E-state index contributed by atoms with van der Waals surface area (Å²) in [7, 11) is 0. The first-order valence-electron chi connectivity index (χ1n) is 5.46. The van der Waals surface area contributed by atoms with Crippen molar-refractivity contribution in [2.45, 2.75) is 47.0 Å². The largest absolute Gasteiger partial charge is 0.381 e. The minimum atomic E-state index is 0.846. The van der Waals surface area contributed by atoms with Crippen molar-refractivity contribution in [2.24, 2.45) is 11.8 Å². The lowest BCUT2D eigenvalue weighted by Gasteiger charge is -2.29. The molecule has 0 spiro atoms. The van der Waals surface area contributed by atoms with E-state index in [2.05, 4.69) is 13.8 Å². The molecule has 1 saturated heterocycles. The Morgan fingerprint density at radius 1 is 1.08 bits per heavy atom. The third-order valence-corrected chi connectivity index (χ3v) is 2.68. The summed E-state index contributed by atoms with van der Waals surface area (Å²) in [6.07, 6.45) is 3.91. The summed E-state index contributed by atoms with van der Waals surface area (Å²) in [4.78, 5) is 0. The van der Waals surface area contributed by atoms with Gasteiger partial charge in [-0.05, 0) is 18.3 Å².